The van der Waals surface area contributed by atoms with E-state index < -0.39 is 49.0 Å². The number of benzene rings is 2. The second-order valence-corrected chi connectivity index (χ2v) is 9.23. The summed E-state index contributed by atoms with van der Waals surface area (Å²) in [4.78, 5) is 15.1. The summed E-state index contributed by atoms with van der Waals surface area (Å²) in [6, 6.07) is 10.7. The minimum atomic E-state index is -2.99. The topological polar surface area (TPSA) is 62.5 Å². The van der Waals surface area contributed by atoms with Gasteiger partial charge in [0.05, 0.1) is 6.54 Å². The van der Waals surface area contributed by atoms with E-state index in [1.807, 2.05) is 18.2 Å². The van der Waals surface area contributed by atoms with Gasteiger partial charge in [-0.2, -0.15) is 8.78 Å². The van der Waals surface area contributed by atoms with Crippen LogP contribution >= 0.6 is 11.9 Å². The van der Waals surface area contributed by atoms with Crippen LogP contribution in [0.25, 0.3) is 11.5 Å². The summed E-state index contributed by atoms with van der Waals surface area (Å²) in [5.74, 6) is -5.45. The van der Waals surface area contributed by atoms with E-state index in [1.54, 1.807) is 16.4 Å². The number of carbonyl (C=O) groups is 1. The minimum Gasteiger partial charge on any atom is -0.415 e. The number of fused-ring (bicyclic) bond motifs is 1. The van der Waals surface area contributed by atoms with E-state index in [-0.39, 0.29) is 35.7 Å². The highest BCUT2D eigenvalue weighted by atomic mass is 32.2. The lowest BCUT2D eigenvalue weighted by Crippen LogP contribution is -2.37. The Bertz CT molecular complexity index is 1220. The fraction of sp³-hybridized carbons (Fsp3) is 0.318. The lowest BCUT2D eigenvalue weighted by Gasteiger charge is -2.26. The summed E-state index contributed by atoms with van der Waals surface area (Å²) in [6.07, 6.45) is -3.42. The summed E-state index contributed by atoms with van der Waals surface area (Å²) in [6.45, 7) is -0.569. The van der Waals surface area contributed by atoms with Gasteiger partial charge in [0.15, 0.2) is 0 Å². The molecule has 2 aliphatic heterocycles. The molecule has 1 saturated heterocycles. The van der Waals surface area contributed by atoms with Crippen LogP contribution in [0.15, 0.2) is 51.8 Å². The normalized spacial score (nSPS) is 19.9. The predicted molar refractivity (Wildman–Crippen MR) is 112 cm³/mol. The third-order valence-corrected chi connectivity index (χ3v) is 6.81. The highest BCUT2D eigenvalue weighted by molar-refractivity contribution is 7.97. The second kappa shape index (κ2) is 8.66. The number of amides is 1. The van der Waals surface area contributed by atoms with Crippen LogP contribution in [0.5, 0.6) is 0 Å². The summed E-state index contributed by atoms with van der Waals surface area (Å²) in [5.41, 5.74) is 0.104. The zero-order chi connectivity index (χ0) is 24.0. The Hall–Kier alpha value is -2.99. The van der Waals surface area contributed by atoms with Crippen molar-refractivity contribution in [3.8, 4) is 11.5 Å². The molecule has 0 unspecified atom stereocenters. The van der Waals surface area contributed by atoms with Gasteiger partial charge in [0.25, 0.3) is 17.7 Å². The molecule has 6 nitrogen and oxygen atoms in total. The first-order valence-corrected chi connectivity index (χ1v) is 11.1. The number of rotatable bonds is 6. The Morgan fingerprint density at radius 1 is 1.18 bits per heavy atom. The van der Waals surface area contributed by atoms with Crippen LogP contribution in [0.2, 0.25) is 0 Å². The smallest absolute Gasteiger partial charge is 0.314 e. The molecule has 0 radical (unpaired) electrons. The molecule has 5 rings (SSSR count). The first-order valence-electron chi connectivity index (χ1n) is 10.3. The van der Waals surface area contributed by atoms with Crippen LogP contribution in [0.3, 0.4) is 0 Å². The van der Waals surface area contributed by atoms with Crippen molar-refractivity contribution in [2.45, 2.75) is 36.3 Å². The van der Waals surface area contributed by atoms with Gasteiger partial charge in [-0.25, -0.2) is 17.5 Å². The molecule has 0 saturated carbocycles. The Morgan fingerprint density at radius 3 is 2.65 bits per heavy atom. The summed E-state index contributed by atoms with van der Waals surface area (Å²) in [7, 11) is 0. The molecule has 3 heterocycles. The van der Waals surface area contributed by atoms with E-state index in [0.29, 0.717) is 0 Å². The van der Waals surface area contributed by atoms with Crippen LogP contribution in [0.4, 0.5) is 22.0 Å². The molecule has 2 aromatic carbocycles. The molecule has 1 amide bonds. The largest absolute Gasteiger partial charge is 0.415 e. The number of carbonyl (C=O) groups excluding carboxylic acids is 1. The molecule has 0 N–H and O–H groups in total. The van der Waals surface area contributed by atoms with Gasteiger partial charge >= 0.3 is 6.43 Å². The van der Waals surface area contributed by atoms with Gasteiger partial charge in [-0.05, 0) is 36.2 Å². The van der Waals surface area contributed by atoms with Gasteiger partial charge in [-0.1, -0.05) is 18.2 Å². The molecule has 178 valence electrons. The average molecular weight is 496 g/mol. The van der Waals surface area contributed by atoms with Crippen LogP contribution in [0.1, 0.15) is 34.7 Å². The minimum absolute atomic E-state index is 0.0128. The molecule has 1 fully saturated rings. The SMILES string of the molecule is O=C1c2cc(-c3nnc(C(F)F)o3)cc(F)c2CN1C[C@H]1CC(F)(F)CN1Sc1ccccc1. The Morgan fingerprint density at radius 2 is 1.94 bits per heavy atom. The van der Waals surface area contributed by atoms with Crippen molar-refractivity contribution in [2.24, 2.45) is 0 Å². The van der Waals surface area contributed by atoms with Crippen LogP contribution in [0, 0.1) is 5.82 Å². The molecular weight excluding hydrogens is 479 g/mol. The zero-order valence-corrected chi connectivity index (χ0v) is 18.2. The van der Waals surface area contributed by atoms with Gasteiger partial charge in [-0.15, -0.1) is 10.2 Å². The van der Waals surface area contributed by atoms with Gasteiger partial charge in [0, 0.05) is 47.1 Å². The average Bonchev–Trinajstić information content (AvgIpc) is 3.47. The molecule has 34 heavy (non-hydrogen) atoms. The van der Waals surface area contributed by atoms with Gasteiger partial charge in [0.2, 0.25) is 5.89 Å². The maximum absolute atomic E-state index is 14.8. The quantitative estimate of drug-likeness (QED) is 0.346. The third-order valence-electron chi connectivity index (χ3n) is 5.66. The van der Waals surface area contributed by atoms with Crippen molar-refractivity contribution < 1.29 is 31.2 Å². The molecule has 1 atom stereocenters. The number of alkyl halides is 4. The monoisotopic (exact) mass is 496 g/mol. The number of hydrogen-bond acceptors (Lipinski definition) is 6. The number of nitrogens with zero attached hydrogens (tertiary/aromatic N) is 4. The highest BCUT2D eigenvalue weighted by Gasteiger charge is 2.47. The van der Waals surface area contributed by atoms with E-state index in [1.165, 1.54) is 22.9 Å². The second-order valence-electron chi connectivity index (χ2n) is 8.11. The van der Waals surface area contributed by atoms with E-state index >= 15 is 0 Å². The van der Waals surface area contributed by atoms with Crippen molar-refractivity contribution >= 4 is 17.9 Å². The Labute approximate surface area is 194 Å². The molecule has 0 spiro atoms. The number of hydrogen-bond donors (Lipinski definition) is 0. The maximum atomic E-state index is 14.8. The van der Waals surface area contributed by atoms with E-state index in [9.17, 15) is 26.7 Å². The molecular formula is C22H17F5N4O2S. The summed E-state index contributed by atoms with van der Waals surface area (Å²) in [5, 5.41) is 6.70. The van der Waals surface area contributed by atoms with Crippen LogP contribution in [-0.2, 0) is 6.54 Å². The predicted octanol–water partition coefficient (Wildman–Crippen LogP) is 5.19. The lowest BCUT2D eigenvalue weighted by atomic mass is 10.1. The van der Waals surface area contributed by atoms with Gasteiger partial charge in [-0.3, -0.25) is 4.79 Å². The first-order chi connectivity index (χ1) is 16.2. The van der Waals surface area contributed by atoms with E-state index in [0.717, 1.165) is 11.0 Å². The lowest BCUT2D eigenvalue weighted by molar-refractivity contribution is 0.0169. The fourth-order valence-corrected chi connectivity index (χ4v) is 5.23. The van der Waals surface area contributed by atoms with Crippen molar-refractivity contribution in [1.82, 2.24) is 19.4 Å². The van der Waals surface area contributed by atoms with Gasteiger partial charge < -0.3 is 9.32 Å². The highest BCUT2D eigenvalue weighted by Crippen LogP contribution is 2.40. The van der Waals surface area contributed by atoms with Crippen LogP contribution in [-0.4, -0.2) is 50.4 Å². The molecule has 12 heteroatoms. The van der Waals surface area contributed by atoms with Crippen molar-refractivity contribution in [3.05, 3.63) is 65.3 Å². The van der Waals surface area contributed by atoms with Gasteiger partial charge in [0.1, 0.15) is 5.82 Å². The molecule has 0 bridgehead atoms. The molecule has 1 aromatic heterocycles. The molecule has 3 aromatic rings. The number of halogens is 5. The summed E-state index contributed by atoms with van der Waals surface area (Å²) >= 11 is 1.19. The zero-order valence-electron chi connectivity index (χ0n) is 17.4. The molecule has 2 aliphatic rings. The Balaban J connectivity index is 1.36. The standard InChI is InChI=1S/C22H17F5N4O2S/c23-17-7-12(19-28-29-20(33-19)18(24)25)6-15-16(17)10-30(21(15)32)9-13-8-22(26,27)11-31(13)34-14-4-2-1-3-5-14/h1-7,13,18H,8-11H2/t13-/m1/s1. The number of aromatic nitrogens is 2. The third kappa shape index (κ3) is 4.39. The van der Waals surface area contributed by atoms with Crippen molar-refractivity contribution in [3.63, 3.8) is 0 Å². The fourth-order valence-electron chi connectivity index (χ4n) is 4.13. The van der Waals surface area contributed by atoms with Crippen molar-refractivity contribution in [2.75, 3.05) is 13.1 Å². The Kier molecular flexibility index (Phi) is 5.80. The maximum Gasteiger partial charge on any atom is 0.314 e. The van der Waals surface area contributed by atoms with E-state index in [4.69, 9.17) is 4.42 Å². The van der Waals surface area contributed by atoms with E-state index in [2.05, 4.69) is 10.2 Å². The first kappa shape index (κ1) is 22.8. The van der Waals surface area contributed by atoms with Crippen molar-refractivity contribution in [1.29, 1.82) is 0 Å². The molecule has 0 aliphatic carbocycles. The van der Waals surface area contributed by atoms with Crippen LogP contribution < -0.4 is 0 Å². The summed E-state index contributed by atoms with van der Waals surface area (Å²) < 4.78 is 75.2.